The Morgan fingerprint density at radius 1 is 1.50 bits per heavy atom. The minimum Gasteiger partial charge on any atom is -0.465 e. The van der Waals surface area contributed by atoms with Gasteiger partial charge in [0.05, 0.1) is 12.1 Å². The topological polar surface area (TPSA) is 61.4 Å². The smallest absolute Gasteiger partial charge is 0.404 e. The average molecular weight is 220 g/mol. The predicted molar refractivity (Wildman–Crippen MR) is 61.5 cm³/mol. The van der Waals surface area contributed by atoms with Crippen molar-refractivity contribution in [2.24, 2.45) is 0 Å². The Balaban J connectivity index is 2.20. The summed E-state index contributed by atoms with van der Waals surface area (Å²) >= 11 is 0. The number of amides is 1. The Morgan fingerprint density at radius 3 is 2.94 bits per heavy atom. The lowest BCUT2D eigenvalue weighted by molar-refractivity contribution is 0.188. The summed E-state index contributed by atoms with van der Waals surface area (Å²) in [6.45, 7) is 2.90. The van der Waals surface area contributed by atoms with Crippen LogP contribution in [0.2, 0.25) is 0 Å². The van der Waals surface area contributed by atoms with Crippen molar-refractivity contribution in [1.29, 1.82) is 0 Å². The van der Waals surface area contributed by atoms with Gasteiger partial charge in [-0.05, 0) is 31.0 Å². The lowest BCUT2D eigenvalue weighted by Gasteiger charge is -2.21. The Hall–Kier alpha value is -1.55. The number of aryl methyl sites for hydroxylation is 1. The van der Waals surface area contributed by atoms with Crippen LogP contribution in [0.1, 0.15) is 23.6 Å². The van der Waals surface area contributed by atoms with Gasteiger partial charge in [-0.25, -0.2) is 4.79 Å². The van der Waals surface area contributed by atoms with E-state index in [-0.39, 0.29) is 12.1 Å². The van der Waals surface area contributed by atoms with Crippen molar-refractivity contribution in [2.45, 2.75) is 25.4 Å². The van der Waals surface area contributed by atoms with Crippen LogP contribution in [0.4, 0.5) is 4.79 Å². The van der Waals surface area contributed by atoms with E-state index in [1.165, 1.54) is 11.1 Å². The molecule has 0 aliphatic carbocycles. The molecule has 1 aromatic carbocycles. The van der Waals surface area contributed by atoms with E-state index in [9.17, 15) is 4.79 Å². The maximum Gasteiger partial charge on any atom is 0.404 e. The molecule has 1 heterocycles. The van der Waals surface area contributed by atoms with Crippen LogP contribution in [0.25, 0.3) is 0 Å². The minimum atomic E-state index is -0.952. The molecule has 86 valence electrons. The maximum atomic E-state index is 10.7. The van der Waals surface area contributed by atoms with Crippen molar-refractivity contribution in [2.75, 3.05) is 6.54 Å². The van der Waals surface area contributed by atoms with Crippen LogP contribution < -0.4 is 10.6 Å². The molecule has 0 saturated carbocycles. The van der Waals surface area contributed by atoms with E-state index < -0.39 is 6.09 Å². The first kappa shape index (κ1) is 11.0. The van der Waals surface area contributed by atoms with E-state index in [0.717, 1.165) is 13.0 Å². The lowest BCUT2D eigenvalue weighted by atomic mass is 9.97. The highest BCUT2D eigenvalue weighted by atomic mass is 16.4. The highest BCUT2D eigenvalue weighted by molar-refractivity contribution is 5.65. The minimum absolute atomic E-state index is 0.0291. The zero-order valence-electron chi connectivity index (χ0n) is 9.23. The number of nitrogens with one attached hydrogen (secondary N) is 2. The Kier molecular flexibility index (Phi) is 3.10. The first-order valence-electron chi connectivity index (χ1n) is 5.47. The van der Waals surface area contributed by atoms with Gasteiger partial charge in [-0.3, -0.25) is 0 Å². The van der Waals surface area contributed by atoms with E-state index in [0.29, 0.717) is 0 Å². The van der Waals surface area contributed by atoms with Crippen LogP contribution in [0.15, 0.2) is 24.3 Å². The molecule has 1 saturated heterocycles. The zero-order valence-corrected chi connectivity index (χ0v) is 9.23. The lowest BCUT2D eigenvalue weighted by Crippen LogP contribution is -2.37. The fourth-order valence-corrected chi connectivity index (χ4v) is 2.28. The van der Waals surface area contributed by atoms with Gasteiger partial charge in [0.15, 0.2) is 0 Å². The third-order valence-electron chi connectivity index (χ3n) is 3.05. The second-order valence-corrected chi connectivity index (χ2v) is 4.13. The van der Waals surface area contributed by atoms with E-state index in [1.54, 1.807) is 0 Å². The third kappa shape index (κ3) is 2.17. The highest BCUT2D eigenvalue weighted by Crippen LogP contribution is 2.26. The van der Waals surface area contributed by atoms with Gasteiger partial charge in [0.2, 0.25) is 0 Å². The van der Waals surface area contributed by atoms with Crippen molar-refractivity contribution in [3.05, 3.63) is 35.4 Å². The Labute approximate surface area is 94.7 Å². The van der Waals surface area contributed by atoms with Gasteiger partial charge in [-0.2, -0.15) is 0 Å². The molecular formula is C12H16N2O2. The standard InChI is InChI=1S/C12H16N2O2/c1-8-4-2-3-5-9(8)11-10(6-7-13-11)14-12(15)16/h2-5,10-11,13-14H,6-7H2,1H3,(H,15,16)/t10-,11?/m1/s1. The van der Waals surface area contributed by atoms with E-state index in [4.69, 9.17) is 5.11 Å². The molecular weight excluding hydrogens is 204 g/mol. The van der Waals surface area contributed by atoms with Crippen LogP contribution in [-0.2, 0) is 0 Å². The summed E-state index contributed by atoms with van der Waals surface area (Å²) in [5, 5.41) is 14.7. The van der Waals surface area contributed by atoms with Gasteiger partial charge >= 0.3 is 6.09 Å². The number of hydrogen-bond donors (Lipinski definition) is 3. The summed E-state index contributed by atoms with van der Waals surface area (Å²) in [6.07, 6.45) is -0.113. The Bertz CT molecular complexity index is 392. The molecule has 1 unspecified atom stereocenters. The molecule has 1 aliphatic heterocycles. The van der Waals surface area contributed by atoms with Crippen molar-refractivity contribution in [3.8, 4) is 0 Å². The predicted octanol–water partition coefficient (Wildman–Crippen LogP) is 1.67. The summed E-state index contributed by atoms with van der Waals surface area (Å²) in [7, 11) is 0. The summed E-state index contributed by atoms with van der Waals surface area (Å²) in [5.74, 6) is 0. The molecule has 2 atom stereocenters. The number of rotatable bonds is 2. The number of carboxylic acid groups (broad SMARTS) is 1. The molecule has 1 aromatic rings. The first-order valence-corrected chi connectivity index (χ1v) is 5.47. The molecule has 0 aromatic heterocycles. The SMILES string of the molecule is Cc1ccccc1C1NCC[C@H]1NC(=O)O. The van der Waals surface area contributed by atoms with Crippen LogP contribution in [0, 0.1) is 6.92 Å². The summed E-state index contributed by atoms with van der Waals surface area (Å²) in [4.78, 5) is 10.7. The van der Waals surface area contributed by atoms with Gasteiger partial charge < -0.3 is 15.7 Å². The fourth-order valence-electron chi connectivity index (χ4n) is 2.28. The molecule has 0 radical (unpaired) electrons. The molecule has 1 aliphatic rings. The summed E-state index contributed by atoms with van der Waals surface area (Å²) in [6, 6.07) is 8.14. The normalized spacial score (nSPS) is 24.3. The molecule has 4 nitrogen and oxygen atoms in total. The number of hydrogen-bond acceptors (Lipinski definition) is 2. The van der Waals surface area contributed by atoms with Gasteiger partial charge in [-0.15, -0.1) is 0 Å². The molecule has 1 amide bonds. The number of carbonyl (C=O) groups is 1. The van der Waals surface area contributed by atoms with Crippen molar-refractivity contribution < 1.29 is 9.90 Å². The van der Waals surface area contributed by atoms with Crippen LogP contribution >= 0.6 is 0 Å². The highest BCUT2D eigenvalue weighted by Gasteiger charge is 2.29. The molecule has 4 heteroatoms. The second kappa shape index (κ2) is 4.53. The van der Waals surface area contributed by atoms with Crippen LogP contribution in [-0.4, -0.2) is 23.8 Å². The molecule has 2 rings (SSSR count). The first-order chi connectivity index (χ1) is 7.68. The van der Waals surface area contributed by atoms with Gasteiger partial charge in [-0.1, -0.05) is 24.3 Å². The van der Waals surface area contributed by atoms with Crippen molar-refractivity contribution >= 4 is 6.09 Å². The monoisotopic (exact) mass is 220 g/mol. The zero-order chi connectivity index (χ0) is 11.5. The quantitative estimate of drug-likeness (QED) is 0.710. The third-order valence-corrected chi connectivity index (χ3v) is 3.05. The van der Waals surface area contributed by atoms with E-state index >= 15 is 0 Å². The second-order valence-electron chi connectivity index (χ2n) is 4.13. The molecule has 1 fully saturated rings. The van der Waals surface area contributed by atoms with Crippen molar-refractivity contribution in [1.82, 2.24) is 10.6 Å². The summed E-state index contributed by atoms with van der Waals surface area (Å²) < 4.78 is 0. The average Bonchev–Trinajstić information content (AvgIpc) is 2.66. The van der Waals surface area contributed by atoms with Gasteiger partial charge in [0.1, 0.15) is 0 Å². The molecule has 0 spiro atoms. The van der Waals surface area contributed by atoms with E-state index in [2.05, 4.69) is 16.7 Å². The summed E-state index contributed by atoms with van der Waals surface area (Å²) in [5.41, 5.74) is 2.37. The van der Waals surface area contributed by atoms with E-state index in [1.807, 2.05) is 25.1 Å². The molecule has 3 N–H and O–H groups in total. The maximum absolute atomic E-state index is 10.7. The number of benzene rings is 1. The Morgan fingerprint density at radius 2 is 2.25 bits per heavy atom. The van der Waals surface area contributed by atoms with Crippen molar-refractivity contribution in [3.63, 3.8) is 0 Å². The largest absolute Gasteiger partial charge is 0.465 e. The van der Waals surface area contributed by atoms with Gasteiger partial charge in [0.25, 0.3) is 0 Å². The molecule has 16 heavy (non-hydrogen) atoms. The molecule has 0 bridgehead atoms. The fraction of sp³-hybridized carbons (Fsp3) is 0.417. The van der Waals surface area contributed by atoms with Crippen LogP contribution in [0.5, 0.6) is 0 Å². The van der Waals surface area contributed by atoms with Gasteiger partial charge in [0, 0.05) is 0 Å². The van der Waals surface area contributed by atoms with Crippen LogP contribution in [0.3, 0.4) is 0 Å².